The van der Waals surface area contributed by atoms with Crippen LogP contribution in [-0.2, 0) is 0 Å². The lowest BCUT2D eigenvalue weighted by Gasteiger charge is -2.15. The summed E-state index contributed by atoms with van der Waals surface area (Å²) >= 11 is 0. The van der Waals surface area contributed by atoms with Crippen LogP contribution in [0, 0.1) is 0 Å². The highest BCUT2D eigenvalue weighted by Crippen LogP contribution is 2.32. The van der Waals surface area contributed by atoms with Gasteiger partial charge in [-0.15, -0.1) is 0 Å². The third-order valence-corrected chi connectivity index (χ3v) is 4.26. The Balaban J connectivity index is 2.06. The predicted molar refractivity (Wildman–Crippen MR) is 107 cm³/mol. The second-order valence-electron chi connectivity index (χ2n) is 6.10. The Kier molecular flexibility index (Phi) is 5.69. The van der Waals surface area contributed by atoms with E-state index in [2.05, 4.69) is 98.8 Å². The smallest absolute Gasteiger partial charge is 0.119 e. The summed E-state index contributed by atoms with van der Waals surface area (Å²) in [7, 11) is 0. The maximum atomic E-state index is 5.72. The van der Waals surface area contributed by atoms with Gasteiger partial charge in [0.2, 0.25) is 0 Å². The van der Waals surface area contributed by atoms with E-state index < -0.39 is 0 Å². The highest BCUT2D eigenvalue weighted by Gasteiger charge is 2.10. The molecule has 0 saturated carbocycles. The van der Waals surface area contributed by atoms with E-state index in [1.807, 2.05) is 0 Å². The molecular formula is C24H24O. The molecule has 3 aromatic carbocycles. The molecule has 25 heavy (non-hydrogen) atoms. The Morgan fingerprint density at radius 2 is 1.20 bits per heavy atom. The maximum Gasteiger partial charge on any atom is 0.119 e. The molecule has 1 heteroatoms. The first-order chi connectivity index (χ1) is 12.3. The summed E-state index contributed by atoms with van der Waals surface area (Å²) in [5, 5.41) is 0. The SMILES string of the molecule is CCCOc1ccc(/C(=C(/C)c2ccccc2)c2ccccc2)cc1. The van der Waals surface area contributed by atoms with Crippen molar-refractivity contribution in [3.8, 4) is 5.75 Å². The first-order valence-electron chi connectivity index (χ1n) is 8.84. The number of allylic oxidation sites excluding steroid dienone is 1. The average molecular weight is 328 g/mol. The zero-order valence-corrected chi connectivity index (χ0v) is 14.9. The molecule has 126 valence electrons. The Bertz CT molecular complexity index is 815. The van der Waals surface area contributed by atoms with Crippen LogP contribution in [0.2, 0.25) is 0 Å². The van der Waals surface area contributed by atoms with Gasteiger partial charge in [0.15, 0.2) is 0 Å². The van der Waals surface area contributed by atoms with Crippen LogP contribution in [0.3, 0.4) is 0 Å². The van der Waals surface area contributed by atoms with Crippen LogP contribution < -0.4 is 4.74 Å². The summed E-state index contributed by atoms with van der Waals surface area (Å²) in [6.45, 7) is 5.07. The zero-order chi connectivity index (χ0) is 17.5. The van der Waals surface area contributed by atoms with E-state index in [9.17, 15) is 0 Å². The Morgan fingerprint density at radius 1 is 0.680 bits per heavy atom. The Morgan fingerprint density at radius 3 is 1.76 bits per heavy atom. The number of rotatable bonds is 6. The highest BCUT2D eigenvalue weighted by molar-refractivity contribution is 5.97. The second-order valence-corrected chi connectivity index (χ2v) is 6.10. The molecule has 0 aliphatic carbocycles. The average Bonchev–Trinajstić information content (AvgIpc) is 2.69. The van der Waals surface area contributed by atoms with Gasteiger partial charge in [-0.25, -0.2) is 0 Å². The molecule has 0 atom stereocenters. The van der Waals surface area contributed by atoms with Crippen molar-refractivity contribution in [3.05, 3.63) is 102 Å². The Hall–Kier alpha value is -2.80. The van der Waals surface area contributed by atoms with Gasteiger partial charge in [0.1, 0.15) is 5.75 Å². The largest absolute Gasteiger partial charge is 0.494 e. The molecule has 0 aromatic heterocycles. The van der Waals surface area contributed by atoms with E-state index in [-0.39, 0.29) is 0 Å². The van der Waals surface area contributed by atoms with Crippen molar-refractivity contribution in [1.82, 2.24) is 0 Å². The number of hydrogen-bond donors (Lipinski definition) is 0. The van der Waals surface area contributed by atoms with Crippen LogP contribution in [0.1, 0.15) is 37.0 Å². The van der Waals surface area contributed by atoms with E-state index in [4.69, 9.17) is 4.74 Å². The molecule has 1 nitrogen and oxygen atoms in total. The van der Waals surface area contributed by atoms with Gasteiger partial charge in [-0.1, -0.05) is 79.7 Å². The van der Waals surface area contributed by atoms with Gasteiger partial charge in [-0.3, -0.25) is 0 Å². The van der Waals surface area contributed by atoms with Crippen LogP contribution >= 0.6 is 0 Å². The quantitative estimate of drug-likeness (QED) is 0.472. The molecule has 0 heterocycles. The van der Waals surface area contributed by atoms with E-state index in [1.165, 1.54) is 27.8 Å². The number of hydrogen-bond acceptors (Lipinski definition) is 1. The first-order valence-corrected chi connectivity index (χ1v) is 8.84. The van der Waals surface area contributed by atoms with Crippen LogP contribution in [0.4, 0.5) is 0 Å². The molecule has 0 N–H and O–H groups in total. The number of benzene rings is 3. The molecule has 0 bridgehead atoms. The maximum absolute atomic E-state index is 5.72. The van der Waals surface area contributed by atoms with E-state index in [0.29, 0.717) is 0 Å². The molecular weight excluding hydrogens is 304 g/mol. The summed E-state index contributed by atoms with van der Waals surface area (Å²) in [6, 6.07) is 29.6. The lowest BCUT2D eigenvalue weighted by molar-refractivity contribution is 0.317. The van der Waals surface area contributed by atoms with Crippen LogP contribution in [-0.4, -0.2) is 6.61 Å². The standard InChI is InChI=1S/C24H24O/c1-3-18-25-23-16-14-22(15-17-23)24(21-12-8-5-9-13-21)19(2)20-10-6-4-7-11-20/h4-17H,3,18H2,1-2H3/b24-19-. The summed E-state index contributed by atoms with van der Waals surface area (Å²) in [5.74, 6) is 0.926. The first kappa shape index (κ1) is 17.0. The molecule has 0 saturated heterocycles. The van der Waals surface area contributed by atoms with Crippen molar-refractivity contribution in [3.63, 3.8) is 0 Å². The summed E-state index contributed by atoms with van der Waals surface area (Å²) in [5.41, 5.74) is 6.21. The fourth-order valence-electron chi connectivity index (χ4n) is 2.97. The topological polar surface area (TPSA) is 9.23 Å². The minimum absolute atomic E-state index is 0.754. The molecule has 0 spiro atoms. The van der Waals surface area contributed by atoms with E-state index >= 15 is 0 Å². The van der Waals surface area contributed by atoms with Crippen molar-refractivity contribution in [2.24, 2.45) is 0 Å². The summed E-state index contributed by atoms with van der Waals surface area (Å²) in [4.78, 5) is 0. The van der Waals surface area contributed by atoms with Gasteiger partial charge in [0.05, 0.1) is 6.61 Å². The molecule has 3 aromatic rings. The normalized spacial score (nSPS) is 11.8. The summed E-state index contributed by atoms with van der Waals surface area (Å²) < 4.78 is 5.72. The minimum atomic E-state index is 0.754. The molecule has 0 amide bonds. The molecule has 0 unspecified atom stereocenters. The van der Waals surface area contributed by atoms with Crippen molar-refractivity contribution in [1.29, 1.82) is 0 Å². The van der Waals surface area contributed by atoms with Crippen molar-refractivity contribution in [2.75, 3.05) is 6.61 Å². The highest BCUT2D eigenvalue weighted by atomic mass is 16.5. The molecule has 0 radical (unpaired) electrons. The van der Waals surface area contributed by atoms with Gasteiger partial charge >= 0.3 is 0 Å². The van der Waals surface area contributed by atoms with Gasteiger partial charge < -0.3 is 4.74 Å². The third-order valence-electron chi connectivity index (χ3n) is 4.26. The van der Waals surface area contributed by atoms with Crippen molar-refractivity contribution >= 4 is 11.1 Å². The molecule has 0 aliphatic rings. The van der Waals surface area contributed by atoms with Crippen LogP contribution in [0.15, 0.2) is 84.9 Å². The molecule has 0 fully saturated rings. The number of ether oxygens (including phenoxy) is 1. The van der Waals surface area contributed by atoms with Gasteiger partial charge in [0.25, 0.3) is 0 Å². The lowest BCUT2D eigenvalue weighted by Crippen LogP contribution is -1.96. The van der Waals surface area contributed by atoms with Crippen molar-refractivity contribution in [2.45, 2.75) is 20.3 Å². The van der Waals surface area contributed by atoms with E-state index in [0.717, 1.165) is 18.8 Å². The second kappa shape index (κ2) is 8.34. The fraction of sp³-hybridized carbons (Fsp3) is 0.167. The van der Waals surface area contributed by atoms with Crippen LogP contribution in [0.5, 0.6) is 5.75 Å². The van der Waals surface area contributed by atoms with Gasteiger partial charge in [-0.2, -0.15) is 0 Å². The monoisotopic (exact) mass is 328 g/mol. The zero-order valence-electron chi connectivity index (χ0n) is 14.9. The molecule has 3 rings (SSSR count). The fourth-order valence-corrected chi connectivity index (χ4v) is 2.97. The van der Waals surface area contributed by atoms with Gasteiger partial charge in [0, 0.05) is 0 Å². The van der Waals surface area contributed by atoms with E-state index in [1.54, 1.807) is 0 Å². The summed E-state index contributed by atoms with van der Waals surface area (Å²) in [6.07, 6.45) is 1.02. The molecule has 0 aliphatic heterocycles. The lowest BCUT2D eigenvalue weighted by atomic mass is 9.90. The third kappa shape index (κ3) is 4.19. The van der Waals surface area contributed by atoms with Crippen LogP contribution in [0.25, 0.3) is 11.1 Å². The van der Waals surface area contributed by atoms with Crippen molar-refractivity contribution < 1.29 is 4.74 Å². The minimum Gasteiger partial charge on any atom is -0.494 e. The Labute approximate surface area is 150 Å². The van der Waals surface area contributed by atoms with Gasteiger partial charge in [-0.05, 0) is 53.3 Å². The predicted octanol–water partition coefficient (Wildman–Crippen LogP) is 6.45.